The second-order valence-electron chi connectivity index (χ2n) is 10.4. The molecule has 0 aromatic heterocycles. The van der Waals surface area contributed by atoms with Crippen LogP contribution < -0.4 is 45.5 Å². The smallest absolute Gasteiger partial charge is 0.249 e. The van der Waals surface area contributed by atoms with Crippen molar-refractivity contribution in [2.45, 2.75) is 111 Å². The molecule has 14 atom stereocenters. The van der Waals surface area contributed by atoms with E-state index in [4.69, 9.17) is 59.1 Å². The van der Waals surface area contributed by atoms with Gasteiger partial charge in [-0.15, -0.1) is 0 Å². The molecule has 0 aromatic rings. The first kappa shape index (κ1) is 31.4. The summed E-state index contributed by atoms with van der Waals surface area (Å²) < 4.78 is 23.9. The van der Waals surface area contributed by atoms with Crippen LogP contribution in [0.3, 0.4) is 0 Å². The molecule has 0 radical (unpaired) electrons. The van der Waals surface area contributed by atoms with Gasteiger partial charge in [0.1, 0.15) is 12.2 Å². The van der Waals surface area contributed by atoms with Crippen LogP contribution >= 0.6 is 0 Å². The first-order chi connectivity index (χ1) is 18.0. The molecule has 18 N–H and O–H groups in total. The highest BCUT2D eigenvalue weighted by Crippen LogP contribution is 2.30. The van der Waals surface area contributed by atoms with Gasteiger partial charge in [-0.2, -0.15) is 0 Å². The molecule has 1 amide bonds. The summed E-state index contributed by atoms with van der Waals surface area (Å²) in [4.78, 5) is 12.6. The summed E-state index contributed by atoms with van der Waals surface area (Å²) in [6.45, 7) is -0.123. The number of rotatable bonds is 10. The molecule has 16 heteroatoms. The summed E-state index contributed by atoms with van der Waals surface area (Å²) in [5.74, 6) is -0.675. The van der Waals surface area contributed by atoms with Gasteiger partial charge in [-0.1, -0.05) is 0 Å². The normalized spacial score (nSPS) is 44.9. The standard InChI is InChI=1S/C22H46N8O8/c23-4-3-12(32)20(34)30-11-5-10(26)18(37-21-9(25)2-1-8(6-24)35-21)16(29)19(11)38-22-15(28)14(27)17(33)13(7-31)36-22/h8-19,21-22,31-33H,1-7,23-29H2,(H,30,34)/t8-,9+,10-,11+,12-,13+,14+,15+,16+,17+,18+,19-,21+,22+/m0/s1. The summed E-state index contributed by atoms with van der Waals surface area (Å²) in [6.07, 6.45) is -6.13. The minimum absolute atomic E-state index is 0.0503. The minimum Gasteiger partial charge on any atom is -0.394 e. The van der Waals surface area contributed by atoms with E-state index in [9.17, 15) is 20.1 Å². The third-order valence-corrected chi connectivity index (χ3v) is 7.54. The molecule has 0 unspecified atom stereocenters. The number of carbonyl (C=O) groups excluding carboxylic acids is 1. The summed E-state index contributed by atoms with van der Waals surface area (Å²) >= 11 is 0. The van der Waals surface area contributed by atoms with Crippen LogP contribution in [0.25, 0.3) is 0 Å². The van der Waals surface area contributed by atoms with Crippen molar-refractivity contribution in [3.63, 3.8) is 0 Å². The summed E-state index contributed by atoms with van der Waals surface area (Å²) in [6, 6.07) is -4.80. The van der Waals surface area contributed by atoms with Gasteiger partial charge in [-0.3, -0.25) is 4.79 Å². The van der Waals surface area contributed by atoms with Gasteiger partial charge in [0.2, 0.25) is 5.91 Å². The van der Waals surface area contributed by atoms with Crippen LogP contribution in [0, 0.1) is 0 Å². The van der Waals surface area contributed by atoms with Crippen LogP contribution in [0.1, 0.15) is 25.7 Å². The van der Waals surface area contributed by atoms with Crippen molar-refractivity contribution in [1.82, 2.24) is 5.32 Å². The Morgan fingerprint density at radius 1 is 0.947 bits per heavy atom. The van der Waals surface area contributed by atoms with Gasteiger partial charge in [0.25, 0.3) is 0 Å². The lowest BCUT2D eigenvalue weighted by Crippen LogP contribution is -2.71. The molecule has 16 nitrogen and oxygen atoms in total. The molecule has 0 aromatic carbocycles. The molecule has 2 heterocycles. The van der Waals surface area contributed by atoms with Crippen molar-refractivity contribution in [3.8, 4) is 0 Å². The first-order valence-electron chi connectivity index (χ1n) is 13.1. The fraction of sp³-hybridized carbons (Fsp3) is 0.955. The average molecular weight is 551 g/mol. The molecule has 3 rings (SSSR count). The van der Waals surface area contributed by atoms with Gasteiger partial charge >= 0.3 is 0 Å². The van der Waals surface area contributed by atoms with E-state index in [0.717, 1.165) is 0 Å². The van der Waals surface area contributed by atoms with Gasteiger partial charge in [-0.25, -0.2) is 0 Å². The Bertz CT molecular complexity index is 756. The van der Waals surface area contributed by atoms with Gasteiger partial charge in [-0.05, 0) is 32.2 Å². The second kappa shape index (κ2) is 14.0. The van der Waals surface area contributed by atoms with E-state index in [-0.39, 0.29) is 25.5 Å². The first-order valence-corrected chi connectivity index (χ1v) is 13.1. The molecule has 3 aliphatic rings. The maximum absolute atomic E-state index is 12.6. The number of ether oxygens (including phenoxy) is 4. The summed E-state index contributed by atoms with van der Waals surface area (Å²) in [7, 11) is 0. The number of carbonyl (C=O) groups is 1. The lowest BCUT2D eigenvalue weighted by Gasteiger charge is -2.49. The van der Waals surface area contributed by atoms with Crippen molar-refractivity contribution < 1.29 is 39.1 Å². The molecule has 3 fully saturated rings. The zero-order valence-electron chi connectivity index (χ0n) is 21.5. The maximum Gasteiger partial charge on any atom is 0.249 e. The molecule has 2 saturated heterocycles. The molecular weight excluding hydrogens is 504 g/mol. The predicted octanol–water partition coefficient (Wildman–Crippen LogP) is -6.47. The predicted molar refractivity (Wildman–Crippen MR) is 135 cm³/mol. The Morgan fingerprint density at radius 3 is 2.26 bits per heavy atom. The Balaban J connectivity index is 1.82. The highest BCUT2D eigenvalue weighted by atomic mass is 16.7. The zero-order chi connectivity index (χ0) is 28.1. The fourth-order valence-electron chi connectivity index (χ4n) is 5.15. The van der Waals surface area contributed by atoms with Crippen LogP contribution in [-0.4, -0.2) is 126 Å². The molecular formula is C22H46N8O8. The topological polar surface area (TPSA) is 309 Å². The van der Waals surface area contributed by atoms with Gasteiger partial charge in [0.15, 0.2) is 12.6 Å². The number of aliphatic hydroxyl groups is 3. The monoisotopic (exact) mass is 550 g/mol. The van der Waals surface area contributed by atoms with Crippen LogP contribution in [0.5, 0.6) is 0 Å². The van der Waals surface area contributed by atoms with Gasteiger partial charge < -0.3 is 79.7 Å². The quantitative estimate of drug-likeness (QED) is 0.120. The van der Waals surface area contributed by atoms with E-state index in [1.54, 1.807) is 0 Å². The zero-order valence-corrected chi connectivity index (χ0v) is 21.5. The van der Waals surface area contributed by atoms with E-state index in [0.29, 0.717) is 19.4 Å². The molecule has 1 saturated carbocycles. The van der Waals surface area contributed by atoms with E-state index < -0.39 is 91.9 Å². The van der Waals surface area contributed by atoms with Crippen molar-refractivity contribution in [3.05, 3.63) is 0 Å². The fourth-order valence-corrected chi connectivity index (χ4v) is 5.15. The molecule has 1 aliphatic carbocycles. The summed E-state index contributed by atoms with van der Waals surface area (Å²) in [5, 5.41) is 32.7. The minimum atomic E-state index is -1.35. The average Bonchev–Trinajstić information content (AvgIpc) is 2.89. The van der Waals surface area contributed by atoms with E-state index in [1.807, 2.05) is 0 Å². The van der Waals surface area contributed by atoms with Crippen molar-refractivity contribution in [2.24, 2.45) is 40.1 Å². The van der Waals surface area contributed by atoms with E-state index in [1.165, 1.54) is 0 Å². The van der Waals surface area contributed by atoms with E-state index >= 15 is 0 Å². The number of hydrogen-bond acceptors (Lipinski definition) is 15. The molecule has 2 aliphatic heterocycles. The molecule has 38 heavy (non-hydrogen) atoms. The van der Waals surface area contributed by atoms with Gasteiger partial charge in [0.05, 0.1) is 61.2 Å². The molecule has 0 bridgehead atoms. The largest absolute Gasteiger partial charge is 0.394 e. The highest BCUT2D eigenvalue weighted by Gasteiger charge is 2.50. The number of amides is 1. The van der Waals surface area contributed by atoms with Crippen molar-refractivity contribution in [1.29, 1.82) is 0 Å². The number of nitrogens with one attached hydrogen (secondary N) is 1. The van der Waals surface area contributed by atoms with Crippen molar-refractivity contribution >= 4 is 5.91 Å². The Kier molecular flexibility index (Phi) is 11.6. The second-order valence-corrected chi connectivity index (χ2v) is 10.4. The molecule has 222 valence electrons. The Hall–Kier alpha value is -1.09. The summed E-state index contributed by atoms with van der Waals surface area (Å²) in [5.41, 5.74) is 42.8. The number of aliphatic hydroxyl groups excluding tert-OH is 3. The third kappa shape index (κ3) is 7.15. The maximum atomic E-state index is 12.6. The lowest BCUT2D eigenvalue weighted by molar-refractivity contribution is -0.278. The van der Waals surface area contributed by atoms with Gasteiger partial charge in [0, 0.05) is 12.6 Å². The van der Waals surface area contributed by atoms with Crippen LogP contribution in [0.4, 0.5) is 0 Å². The Morgan fingerprint density at radius 2 is 1.63 bits per heavy atom. The molecule has 0 spiro atoms. The highest BCUT2D eigenvalue weighted by molar-refractivity contribution is 5.80. The SMILES string of the molecule is NCC[C@H](O)C(=O)N[C@@H]1C[C@H](N)[C@@H](O[C@H]2O[C@H](CN)CC[C@H]2N)[C@@H](N)[C@H]1O[C@H]1O[C@H](CO)[C@@H](O)[C@H](N)[C@H]1N. The van der Waals surface area contributed by atoms with Crippen LogP contribution in [0.2, 0.25) is 0 Å². The Labute approximate surface area is 221 Å². The number of hydrogen-bond donors (Lipinski definition) is 11. The van der Waals surface area contributed by atoms with E-state index in [2.05, 4.69) is 5.32 Å². The third-order valence-electron chi connectivity index (χ3n) is 7.54. The van der Waals surface area contributed by atoms with Crippen LogP contribution in [-0.2, 0) is 23.7 Å². The number of nitrogens with two attached hydrogens (primary N) is 7. The van der Waals surface area contributed by atoms with Crippen LogP contribution in [0.15, 0.2) is 0 Å². The lowest BCUT2D eigenvalue weighted by atomic mass is 9.82. The van der Waals surface area contributed by atoms with Crippen molar-refractivity contribution in [2.75, 3.05) is 19.7 Å².